The fraction of sp³-hybridized carbons (Fsp3) is 0.700. The van der Waals surface area contributed by atoms with Crippen LogP contribution in [0, 0.1) is 5.82 Å². The van der Waals surface area contributed by atoms with Gasteiger partial charge in [-0.15, -0.1) is 0 Å². The smallest absolute Gasteiger partial charge is 0.129 e. The van der Waals surface area contributed by atoms with Gasteiger partial charge in [-0.2, -0.15) is 0 Å². The largest absolute Gasteiger partial charge is 0.366 e. The van der Waals surface area contributed by atoms with E-state index in [1.165, 1.54) is 12.0 Å². The summed E-state index contributed by atoms with van der Waals surface area (Å²) in [6.07, 6.45) is 4.51. The molecule has 2 nitrogen and oxygen atoms in total. The van der Waals surface area contributed by atoms with Crippen molar-refractivity contribution in [1.82, 2.24) is 5.32 Å². The maximum atomic E-state index is 14.6. The van der Waals surface area contributed by atoms with E-state index in [-0.39, 0.29) is 11.4 Å². The minimum absolute atomic E-state index is 0.0706. The third-order valence-electron chi connectivity index (χ3n) is 5.03. The first kappa shape index (κ1) is 18.3. The van der Waals surface area contributed by atoms with Crippen molar-refractivity contribution in [3.8, 4) is 0 Å². The molecule has 1 unspecified atom stereocenters. The van der Waals surface area contributed by atoms with Gasteiger partial charge in [-0.3, -0.25) is 0 Å². The van der Waals surface area contributed by atoms with Gasteiger partial charge in [0.15, 0.2) is 0 Å². The average molecular weight is 320 g/mol. The van der Waals surface area contributed by atoms with E-state index in [9.17, 15) is 4.39 Å². The second-order valence-electron chi connectivity index (χ2n) is 7.60. The van der Waals surface area contributed by atoms with E-state index < -0.39 is 0 Å². The number of rotatable bonds is 7. The molecule has 23 heavy (non-hydrogen) atoms. The molecule has 1 heterocycles. The highest BCUT2D eigenvalue weighted by atomic mass is 19.1. The molecule has 1 aromatic rings. The van der Waals surface area contributed by atoms with Gasteiger partial charge in [0, 0.05) is 29.9 Å². The number of halogens is 1. The summed E-state index contributed by atoms with van der Waals surface area (Å²) in [7, 11) is 0. The van der Waals surface area contributed by atoms with Crippen molar-refractivity contribution >= 4 is 5.69 Å². The zero-order chi connectivity index (χ0) is 17.0. The van der Waals surface area contributed by atoms with Gasteiger partial charge < -0.3 is 10.2 Å². The highest BCUT2D eigenvalue weighted by Crippen LogP contribution is 2.44. The maximum Gasteiger partial charge on any atom is 0.129 e. The van der Waals surface area contributed by atoms with E-state index >= 15 is 0 Å². The van der Waals surface area contributed by atoms with Crippen LogP contribution in [0.4, 0.5) is 10.1 Å². The molecular weight excluding hydrogens is 287 g/mol. The van der Waals surface area contributed by atoms with Crippen molar-refractivity contribution in [2.75, 3.05) is 18.0 Å². The van der Waals surface area contributed by atoms with Gasteiger partial charge in [-0.1, -0.05) is 27.2 Å². The second-order valence-corrected chi connectivity index (χ2v) is 7.60. The Kier molecular flexibility index (Phi) is 6.07. The minimum atomic E-state index is -0.0706. The van der Waals surface area contributed by atoms with E-state index in [0.29, 0.717) is 12.5 Å². The number of unbranched alkanes of at least 4 members (excludes halogenated alkanes) is 1. The van der Waals surface area contributed by atoms with Crippen molar-refractivity contribution in [1.29, 1.82) is 0 Å². The number of fused-ring (bicyclic) bond motifs is 1. The van der Waals surface area contributed by atoms with Crippen LogP contribution < -0.4 is 10.2 Å². The van der Waals surface area contributed by atoms with Gasteiger partial charge in [0.25, 0.3) is 0 Å². The molecule has 1 atom stereocenters. The minimum Gasteiger partial charge on any atom is -0.366 e. The number of benzene rings is 1. The Hall–Kier alpha value is -1.09. The lowest BCUT2D eigenvalue weighted by atomic mass is 9.79. The van der Waals surface area contributed by atoms with Crippen LogP contribution >= 0.6 is 0 Å². The van der Waals surface area contributed by atoms with E-state index in [4.69, 9.17) is 0 Å². The summed E-state index contributed by atoms with van der Waals surface area (Å²) >= 11 is 0. The highest BCUT2D eigenvalue weighted by Gasteiger charge is 2.36. The Morgan fingerprint density at radius 1 is 1.26 bits per heavy atom. The zero-order valence-corrected chi connectivity index (χ0v) is 15.5. The maximum absolute atomic E-state index is 14.6. The summed E-state index contributed by atoms with van der Waals surface area (Å²) in [4.78, 5) is 2.43. The molecule has 0 aliphatic carbocycles. The molecule has 0 bridgehead atoms. The van der Waals surface area contributed by atoms with Crippen LogP contribution in [0.25, 0.3) is 0 Å². The molecule has 2 rings (SSSR count). The standard InChI is InChI=1S/C20H33FN2/c1-6-8-10-23-19-12-18(21)16(14-22-9-7-2)11-17(19)15(3)13-20(23,4)5/h11-12,15,22H,6-10,13-14H2,1-5H3. The third-order valence-corrected chi connectivity index (χ3v) is 5.03. The first-order chi connectivity index (χ1) is 10.9. The first-order valence-electron chi connectivity index (χ1n) is 9.21. The third kappa shape index (κ3) is 4.06. The van der Waals surface area contributed by atoms with Crippen molar-refractivity contribution in [2.24, 2.45) is 0 Å². The molecule has 0 radical (unpaired) electrons. The van der Waals surface area contributed by atoms with Crippen LogP contribution in [0.1, 0.15) is 77.3 Å². The fourth-order valence-electron chi connectivity index (χ4n) is 3.83. The summed E-state index contributed by atoms with van der Waals surface area (Å²) in [6, 6.07) is 3.89. The highest BCUT2D eigenvalue weighted by molar-refractivity contribution is 5.61. The Balaban J connectivity index is 2.34. The summed E-state index contributed by atoms with van der Waals surface area (Å²) in [5, 5.41) is 3.32. The van der Waals surface area contributed by atoms with Crippen LogP contribution in [0.2, 0.25) is 0 Å². The number of hydrogen-bond acceptors (Lipinski definition) is 2. The molecular formula is C20H33FN2. The second kappa shape index (κ2) is 7.65. The fourth-order valence-corrected chi connectivity index (χ4v) is 3.83. The van der Waals surface area contributed by atoms with Crippen LogP contribution in [-0.2, 0) is 6.54 Å². The monoisotopic (exact) mass is 320 g/mol. The lowest BCUT2D eigenvalue weighted by molar-refractivity contribution is 0.372. The molecule has 3 heteroatoms. The molecule has 1 aliphatic heterocycles. The molecule has 0 aromatic heterocycles. The number of hydrogen-bond donors (Lipinski definition) is 1. The number of anilines is 1. The van der Waals surface area contributed by atoms with Crippen molar-refractivity contribution in [3.63, 3.8) is 0 Å². The van der Waals surface area contributed by atoms with Gasteiger partial charge >= 0.3 is 0 Å². The van der Waals surface area contributed by atoms with Crippen LogP contribution in [-0.4, -0.2) is 18.6 Å². The van der Waals surface area contributed by atoms with Crippen LogP contribution in [0.15, 0.2) is 12.1 Å². The van der Waals surface area contributed by atoms with E-state index in [2.05, 4.69) is 50.9 Å². The molecule has 0 fully saturated rings. The SMILES string of the molecule is CCCCN1c2cc(F)c(CNCCC)cc2C(C)CC1(C)C. The Morgan fingerprint density at radius 3 is 2.65 bits per heavy atom. The van der Waals surface area contributed by atoms with Crippen LogP contribution in [0.5, 0.6) is 0 Å². The summed E-state index contributed by atoms with van der Waals surface area (Å²) < 4.78 is 14.6. The van der Waals surface area contributed by atoms with Gasteiger partial charge in [0.2, 0.25) is 0 Å². The Labute approximate surface area is 141 Å². The molecule has 1 aliphatic rings. The van der Waals surface area contributed by atoms with Crippen molar-refractivity contribution in [2.45, 2.75) is 78.3 Å². The molecule has 1 aromatic carbocycles. The lowest BCUT2D eigenvalue weighted by Gasteiger charge is -2.48. The van der Waals surface area contributed by atoms with Crippen LogP contribution in [0.3, 0.4) is 0 Å². The summed E-state index contributed by atoms with van der Waals surface area (Å²) in [5.74, 6) is 0.405. The zero-order valence-electron chi connectivity index (χ0n) is 15.5. The normalized spacial score (nSPS) is 19.7. The Bertz CT molecular complexity index is 525. The Morgan fingerprint density at radius 2 is 2.00 bits per heavy atom. The van der Waals surface area contributed by atoms with E-state index in [1.807, 2.05) is 0 Å². The van der Waals surface area contributed by atoms with Gasteiger partial charge in [0.05, 0.1) is 0 Å². The lowest BCUT2D eigenvalue weighted by Crippen LogP contribution is -2.48. The van der Waals surface area contributed by atoms with E-state index in [0.717, 1.165) is 43.6 Å². The molecule has 0 saturated carbocycles. The molecule has 0 saturated heterocycles. The quantitative estimate of drug-likeness (QED) is 0.693. The first-order valence-corrected chi connectivity index (χ1v) is 9.21. The van der Waals surface area contributed by atoms with Gasteiger partial charge in [-0.25, -0.2) is 4.39 Å². The topological polar surface area (TPSA) is 15.3 Å². The molecule has 0 amide bonds. The summed E-state index contributed by atoms with van der Waals surface area (Å²) in [6.45, 7) is 13.8. The van der Waals surface area contributed by atoms with Gasteiger partial charge in [0.1, 0.15) is 5.82 Å². The molecule has 1 N–H and O–H groups in total. The number of nitrogens with one attached hydrogen (secondary N) is 1. The van der Waals surface area contributed by atoms with Gasteiger partial charge in [-0.05, 0) is 63.3 Å². The van der Waals surface area contributed by atoms with Crippen molar-refractivity contribution in [3.05, 3.63) is 29.1 Å². The van der Waals surface area contributed by atoms with Crippen molar-refractivity contribution < 1.29 is 4.39 Å². The molecule has 0 spiro atoms. The average Bonchev–Trinajstić information content (AvgIpc) is 2.47. The van der Waals surface area contributed by atoms with E-state index in [1.54, 1.807) is 6.07 Å². The number of nitrogens with zero attached hydrogens (tertiary/aromatic N) is 1. The predicted octanol–water partition coefficient (Wildman–Crippen LogP) is 5.22. The predicted molar refractivity (Wildman–Crippen MR) is 97.8 cm³/mol. The summed E-state index contributed by atoms with van der Waals surface area (Å²) in [5.41, 5.74) is 3.32. The molecule has 130 valence electrons.